The van der Waals surface area contributed by atoms with Crippen molar-refractivity contribution in [2.45, 2.75) is 161 Å². The van der Waals surface area contributed by atoms with Crippen molar-refractivity contribution >= 4 is 0 Å². The van der Waals surface area contributed by atoms with Crippen LogP contribution in [0.25, 0.3) is 0 Å². The van der Waals surface area contributed by atoms with Crippen LogP contribution in [-0.2, 0) is 6.42 Å². The molecule has 1 aromatic rings. The minimum absolute atomic E-state index is 0.836. The van der Waals surface area contributed by atoms with E-state index < -0.39 is 0 Å². The van der Waals surface area contributed by atoms with Crippen LogP contribution in [0.4, 0.5) is 0 Å². The van der Waals surface area contributed by atoms with E-state index in [0.717, 1.165) is 35.5 Å². The highest BCUT2D eigenvalue weighted by Crippen LogP contribution is 2.43. The first-order valence-electron chi connectivity index (χ1n) is 16.8. The van der Waals surface area contributed by atoms with E-state index >= 15 is 0 Å². The van der Waals surface area contributed by atoms with Crippen molar-refractivity contribution in [2.75, 3.05) is 0 Å². The fourth-order valence-electron chi connectivity index (χ4n) is 8.45. The van der Waals surface area contributed by atoms with Crippen molar-refractivity contribution < 1.29 is 0 Å². The Balaban J connectivity index is 1.09. The van der Waals surface area contributed by atoms with Crippen molar-refractivity contribution in [1.29, 1.82) is 0 Å². The predicted molar refractivity (Wildman–Crippen MR) is 159 cm³/mol. The van der Waals surface area contributed by atoms with E-state index in [1.807, 2.05) is 0 Å². The Morgan fingerprint density at radius 3 is 1.61 bits per heavy atom. The lowest BCUT2D eigenvalue weighted by Gasteiger charge is -2.38. The molecule has 0 atom stereocenters. The molecule has 0 N–H and O–H groups in total. The summed E-state index contributed by atoms with van der Waals surface area (Å²) < 4.78 is 0. The summed E-state index contributed by atoms with van der Waals surface area (Å²) in [5.41, 5.74) is 3.23. The first-order valence-corrected chi connectivity index (χ1v) is 16.8. The number of rotatable bonds is 13. The third-order valence-corrected chi connectivity index (χ3v) is 11.0. The molecule has 0 heterocycles. The Bertz CT molecular complexity index is 677. The molecule has 3 aliphatic rings. The summed E-state index contributed by atoms with van der Waals surface area (Å²) in [5, 5.41) is 0. The van der Waals surface area contributed by atoms with E-state index in [4.69, 9.17) is 0 Å². The summed E-state index contributed by atoms with van der Waals surface area (Å²) >= 11 is 0. The number of hydrogen-bond acceptors (Lipinski definition) is 0. The first-order chi connectivity index (χ1) is 17.7. The van der Waals surface area contributed by atoms with Gasteiger partial charge in [-0.1, -0.05) is 115 Å². The highest BCUT2D eigenvalue weighted by atomic mass is 14.4. The molecule has 0 aliphatic heterocycles. The van der Waals surface area contributed by atoms with E-state index in [0.29, 0.717) is 0 Å². The summed E-state index contributed by atoms with van der Waals surface area (Å²) in [6.07, 6.45) is 32.4. The van der Waals surface area contributed by atoms with Gasteiger partial charge >= 0.3 is 0 Å². The minimum Gasteiger partial charge on any atom is -0.0654 e. The van der Waals surface area contributed by atoms with Crippen LogP contribution in [0.2, 0.25) is 0 Å². The van der Waals surface area contributed by atoms with Gasteiger partial charge in [-0.05, 0) is 111 Å². The average molecular weight is 493 g/mol. The van der Waals surface area contributed by atoms with Gasteiger partial charge in [0.2, 0.25) is 0 Å². The normalized spacial score (nSPS) is 31.4. The Morgan fingerprint density at radius 1 is 0.500 bits per heavy atom. The van der Waals surface area contributed by atoms with E-state index in [2.05, 4.69) is 38.1 Å². The van der Waals surface area contributed by atoms with Crippen LogP contribution in [0.3, 0.4) is 0 Å². The molecule has 0 radical (unpaired) electrons. The zero-order valence-electron chi connectivity index (χ0n) is 24.3. The molecular weight excluding hydrogens is 432 g/mol. The van der Waals surface area contributed by atoms with Gasteiger partial charge in [0.25, 0.3) is 0 Å². The molecule has 0 amide bonds. The highest BCUT2D eigenvalue weighted by Gasteiger charge is 2.30. The molecule has 0 nitrogen and oxygen atoms in total. The zero-order valence-corrected chi connectivity index (χ0v) is 24.3. The van der Waals surface area contributed by atoms with Crippen LogP contribution in [0.5, 0.6) is 0 Å². The third-order valence-electron chi connectivity index (χ3n) is 11.0. The maximum Gasteiger partial charge on any atom is -0.0162 e. The molecule has 0 unspecified atom stereocenters. The van der Waals surface area contributed by atoms with Crippen molar-refractivity contribution in [1.82, 2.24) is 0 Å². The molecular formula is C36H60. The molecule has 4 rings (SSSR count). The van der Waals surface area contributed by atoms with Crippen LogP contribution < -0.4 is 0 Å². The number of hydrogen-bond donors (Lipinski definition) is 0. The van der Waals surface area contributed by atoms with Gasteiger partial charge < -0.3 is 0 Å². The molecule has 204 valence electrons. The molecule has 3 aliphatic carbocycles. The SMILES string of the molecule is CCCCCCC[C@H]1CC[C@H](c2ccc(CC[C@H]3CC[C@H]([C@H]4CC[C@H](CCC)CC4)CC3)cc2)CC1. The van der Waals surface area contributed by atoms with Gasteiger partial charge in [-0.2, -0.15) is 0 Å². The second-order valence-corrected chi connectivity index (χ2v) is 13.6. The Hall–Kier alpha value is -0.780. The smallest absolute Gasteiger partial charge is 0.0162 e. The van der Waals surface area contributed by atoms with Crippen LogP contribution in [0.15, 0.2) is 24.3 Å². The maximum atomic E-state index is 2.50. The lowest BCUT2D eigenvalue weighted by atomic mass is 9.68. The molecule has 0 spiro atoms. The highest BCUT2D eigenvalue weighted by molar-refractivity contribution is 5.26. The summed E-state index contributed by atoms with van der Waals surface area (Å²) in [5.74, 6) is 6.06. The second-order valence-electron chi connectivity index (χ2n) is 13.6. The predicted octanol–water partition coefficient (Wildman–Crippen LogP) is 11.7. The van der Waals surface area contributed by atoms with Gasteiger partial charge in [0, 0.05) is 0 Å². The zero-order chi connectivity index (χ0) is 25.0. The third kappa shape index (κ3) is 8.91. The molecule has 0 aromatic heterocycles. The molecule has 0 heteroatoms. The quantitative estimate of drug-likeness (QED) is 0.240. The fourth-order valence-corrected chi connectivity index (χ4v) is 8.45. The molecule has 0 bridgehead atoms. The van der Waals surface area contributed by atoms with Crippen molar-refractivity contribution in [3.63, 3.8) is 0 Å². The monoisotopic (exact) mass is 492 g/mol. The van der Waals surface area contributed by atoms with Gasteiger partial charge in [0.05, 0.1) is 0 Å². The van der Waals surface area contributed by atoms with E-state index in [9.17, 15) is 0 Å². The Labute approximate surface area is 225 Å². The van der Waals surface area contributed by atoms with Gasteiger partial charge in [0.15, 0.2) is 0 Å². The molecule has 3 fully saturated rings. The molecule has 1 aromatic carbocycles. The van der Waals surface area contributed by atoms with Crippen molar-refractivity contribution in [3.05, 3.63) is 35.4 Å². The fraction of sp³-hybridized carbons (Fsp3) is 0.833. The molecule has 3 saturated carbocycles. The Kier molecular flexibility index (Phi) is 12.2. The average Bonchev–Trinajstić information content (AvgIpc) is 2.93. The summed E-state index contributed by atoms with van der Waals surface area (Å²) in [4.78, 5) is 0. The van der Waals surface area contributed by atoms with Crippen LogP contribution in [0, 0.1) is 29.6 Å². The largest absolute Gasteiger partial charge is 0.0654 e. The van der Waals surface area contributed by atoms with Crippen molar-refractivity contribution in [3.8, 4) is 0 Å². The molecule has 0 saturated heterocycles. The first kappa shape index (κ1) is 28.2. The summed E-state index contributed by atoms with van der Waals surface area (Å²) in [7, 11) is 0. The van der Waals surface area contributed by atoms with Gasteiger partial charge in [-0.3, -0.25) is 0 Å². The number of benzene rings is 1. The number of unbranched alkanes of at least 4 members (excludes halogenated alkanes) is 4. The van der Waals surface area contributed by atoms with Crippen LogP contribution >= 0.6 is 0 Å². The molecule has 36 heavy (non-hydrogen) atoms. The standard InChI is InChI=1S/C36H60/c1-3-5-6-7-8-10-30-15-23-34(24-16-30)36-27-19-32(20-28-36)12-11-31-17-25-35(26-18-31)33-21-13-29(9-4-2)14-22-33/h19-20,27-31,33-35H,3-18,21-26H2,1-2H3/t29-,30-,31-,33-,34-,35-. The lowest BCUT2D eigenvalue weighted by molar-refractivity contribution is 0.141. The summed E-state index contributed by atoms with van der Waals surface area (Å²) in [6, 6.07) is 9.96. The van der Waals surface area contributed by atoms with Crippen LogP contribution in [-0.4, -0.2) is 0 Å². The minimum atomic E-state index is 0.836. The lowest BCUT2D eigenvalue weighted by Crippen LogP contribution is -2.26. The van der Waals surface area contributed by atoms with Gasteiger partial charge in [-0.25, -0.2) is 0 Å². The number of aryl methyl sites for hydroxylation is 1. The van der Waals surface area contributed by atoms with E-state index in [1.165, 1.54) is 128 Å². The maximum absolute atomic E-state index is 2.50. The van der Waals surface area contributed by atoms with E-state index in [1.54, 1.807) is 24.0 Å². The topological polar surface area (TPSA) is 0 Å². The van der Waals surface area contributed by atoms with Crippen LogP contribution in [0.1, 0.15) is 166 Å². The van der Waals surface area contributed by atoms with Crippen molar-refractivity contribution in [2.24, 2.45) is 29.6 Å². The van der Waals surface area contributed by atoms with E-state index in [-0.39, 0.29) is 0 Å². The second kappa shape index (κ2) is 15.6. The van der Waals surface area contributed by atoms with Gasteiger partial charge in [0.1, 0.15) is 0 Å². The summed E-state index contributed by atoms with van der Waals surface area (Å²) in [6.45, 7) is 4.68. The van der Waals surface area contributed by atoms with Gasteiger partial charge in [-0.15, -0.1) is 0 Å². The Morgan fingerprint density at radius 2 is 1.03 bits per heavy atom.